The zero-order valence-corrected chi connectivity index (χ0v) is 10.2. The molecule has 0 saturated carbocycles. The van der Waals surface area contributed by atoms with Crippen LogP contribution in [-0.4, -0.2) is 15.0 Å². The zero-order valence-electron chi connectivity index (χ0n) is 8.59. The molecule has 0 unspecified atom stereocenters. The van der Waals surface area contributed by atoms with Crippen LogP contribution in [0, 0.1) is 0 Å². The highest BCUT2D eigenvalue weighted by Crippen LogP contribution is 2.27. The minimum atomic E-state index is 0.239. The van der Waals surface area contributed by atoms with Crippen molar-refractivity contribution in [2.24, 2.45) is 0 Å². The van der Waals surface area contributed by atoms with Crippen molar-refractivity contribution in [2.75, 3.05) is 5.73 Å². The van der Waals surface area contributed by atoms with Crippen molar-refractivity contribution in [3.8, 4) is 11.3 Å². The first-order valence-electron chi connectivity index (χ1n) is 4.86. The lowest BCUT2D eigenvalue weighted by Gasteiger charge is -2.04. The number of rotatable bonds is 1. The van der Waals surface area contributed by atoms with Gasteiger partial charge in [-0.3, -0.25) is 0 Å². The maximum Gasteiger partial charge on any atom is 0.221 e. The summed E-state index contributed by atoms with van der Waals surface area (Å²) < 4.78 is 0. The molecule has 17 heavy (non-hydrogen) atoms. The van der Waals surface area contributed by atoms with Crippen LogP contribution in [0.2, 0.25) is 5.15 Å². The van der Waals surface area contributed by atoms with Crippen LogP contribution in [0.25, 0.3) is 22.3 Å². The Balaban J connectivity index is 2.39. The van der Waals surface area contributed by atoms with Gasteiger partial charge < -0.3 is 5.73 Å². The Morgan fingerprint density at radius 1 is 1.12 bits per heavy atom. The van der Waals surface area contributed by atoms with Crippen LogP contribution in [-0.2, 0) is 0 Å². The molecular formula is C11H7ClN4S. The standard InChI is InChI=1S/C11H7ClN4S/c12-8-2-1-7-10(15-8)9(16-11(13)14-7)6-3-4-17-5-6/h1-5H,(H2,13,14,16). The van der Waals surface area contributed by atoms with Crippen molar-refractivity contribution in [1.29, 1.82) is 0 Å². The van der Waals surface area contributed by atoms with E-state index < -0.39 is 0 Å². The van der Waals surface area contributed by atoms with Crippen molar-refractivity contribution in [1.82, 2.24) is 15.0 Å². The van der Waals surface area contributed by atoms with Gasteiger partial charge in [-0.1, -0.05) is 11.6 Å². The summed E-state index contributed by atoms with van der Waals surface area (Å²) in [5.74, 6) is 0.239. The predicted octanol–water partition coefficient (Wildman–Crippen LogP) is 2.99. The third kappa shape index (κ3) is 1.83. The summed E-state index contributed by atoms with van der Waals surface area (Å²) >= 11 is 7.49. The van der Waals surface area contributed by atoms with Crippen molar-refractivity contribution in [3.63, 3.8) is 0 Å². The van der Waals surface area contributed by atoms with Gasteiger partial charge in [0.2, 0.25) is 5.95 Å². The van der Waals surface area contributed by atoms with E-state index in [-0.39, 0.29) is 5.95 Å². The molecule has 0 aliphatic rings. The van der Waals surface area contributed by atoms with Crippen molar-refractivity contribution < 1.29 is 0 Å². The molecule has 4 nitrogen and oxygen atoms in total. The summed E-state index contributed by atoms with van der Waals surface area (Å²) in [7, 11) is 0. The molecule has 0 radical (unpaired) electrons. The Kier molecular flexibility index (Phi) is 2.42. The second kappa shape index (κ2) is 3.94. The van der Waals surface area contributed by atoms with Crippen molar-refractivity contribution in [3.05, 3.63) is 34.1 Å². The van der Waals surface area contributed by atoms with Crippen LogP contribution in [0.3, 0.4) is 0 Å². The fraction of sp³-hybridized carbons (Fsp3) is 0. The molecule has 2 N–H and O–H groups in total. The summed E-state index contributed by atoms with van der Waals surface area (Å²) in [4.78, 5) is 12.6. The van der Waals surface area contributed by atoms with Crippen molar-refractivity contribution >= 4 is 39.9 Å². The number of halogens is 1. The van der Waals surface area contributed by atoms with Crippen molar-refractivity contribution in [2.45, 2.75) is 0 Å². The third-order valence-electron chi connectivity index (χ3n) is 2.32. The highest BCUT2D eigenvalue weighted by Gasteiger charge is 2.10. The molecule has 0 spiro atoms. The SMILES string of the molecule is Nc1nc(-c2ccsc2)c2nc(Cl)ccc2n1. The van der Waals surface area contributed by atoms with Crippen LogP contribution in [0.4, 0.5) is 5.95 Å². The molecule has 84 valence electrons. The smallest absolute Gasteiger partial charge is 0.221 e. The topological polar surface area (TPSA) is 64.7 Å². The Bertz CT molecular complexity index is 681. The van der Waals surface area contributed by atoms with Gasteiger partial charge in [-0.05, 0) is 23.6 Å². The average Bonchev–Trinajstić information content (AvgIpc) is 2.82. The van der Waals surface area contributed by atoms with E-state index in [1.54, 1.807) is 23.5 Å². The highest BCUT2D eigenvalue weighted by molar-refractivity contribution is 7.08. The van der Waals surface area contributed by atoms with Gasteiger partial charge in [0.05, 0.1) is 5.52 Å². The molecule has 6 heteroatoms. The molecule has 3 aromatic rings. The third-order valence-corrected chi connectivity index (χ3v) is 3.21. The molecule has 0 saturated heterocycles. The van der Waals surface area contributed by atoms with Gasteiger partial charge in [-0.2, -0.15) is 11.3 Å². The lowest BCUT2D eigenvalue weighted by molar-refractivity contribution is 1.22. The first kappa shape index (κ1) is 10.4. The van der Waals surface area contributed by atoms with Gasteiger partial charge in [-0.25, -0.2) is 15.0 Å². The number of nitrogen functional groups attached to an aromatic ring is 1. The fourth-order valence-electron chi connectivity index (χ4n) is 1.61. The second-order valence-electron chi connectivity index (χ2n) is 3.44. The second-order valence-corrected chi connectivity index (χ2v) is 4.61. The molecule has 3 rings (SSSR count). The van der Waals surface area contributed by atoms with Crippen LogP contribution >= 0.6 is 22.9 Å². The molecule has 0 bridgehead atoms. The number of nitrogens with zero attached hydrogens (tertiary/aromatic N) is 3. The molecule has 0 fully saturated rings. The number of aromatic nitrogens is 3. The molecule has 0 aromatic carbocycles. The molecule has 0 amide bonds. The summed E-state index contributed by atoms with van der Waals surface area (Å²) in [5, 5.41) is 4.38. The number of nitrogens with two attached hydrogens (primary N) is 1. The number of pyridine rings is 1. The Morgan fingerprint density at radius 3 is 2.76 bits per heavy atom. The van der Waals surface area contributed by atoms with Gasteiger partial charge in [0, 0.05) is 10.9 Å². The highest BCUT2D eigenvalue weighted by atomic mass is 35.5. The normalized spacial score (nSPS) is 10.9. The lowest BCUT2D eigenvalue weighted by atomic mass is 10.2. The first-order chi connectivity index (χ1) is 8.24. The molecule has 0 aliphatic carbocycles. The van der Waals surface area contributed by atoms with Gasteiger partial charge in [0.25, 0.3) is 0 Å². The van der Waals surface area contributed by atoms with E-state index in [0.717, 1.165) is 11.3 Å². The maximum absolute atomic E-state index is 5.90. The number of hydrogen-bond acceptors (Lipinski definition) is 5. The largest absolute Gasteiger partial charge is 0.368 e. The zero-order chi connectivity index (χ0) is 11.8. The molecule has 3 heterocycles. The fourth-order valence-corrected chi connectivity index (χ4v) is 2.40. The van der Waals surface area contributed by atoms with Crippen LogP contribution in [0.5, 0.6) is 0 Å². The number of anilines is 1. The van der Waals surface area contributed by atoms with Crippen LogP contribution in [0.1, 0.15) is 0 Å². The molecule has 0 aliphatic heterocycles. The van der Waals surface area contributed by atoms with E-state index in [1.807, 2.05) is 16.8 Å². The quantitative estimate of drug-likeness (QED) is 0.685. The van der Waals surface area contributed by atoms with Gasteiger partial charge in [-0.15, -0.1) is 0 Å². The lowest BCUT2D eigenvalue weighted by Crippen LogP contribution is -1.99. The number of fused-ring (bicyclic) bond motifs is 1. The number of thiophene rings is 1. The predicted molar refractivity (Wildman–Crippen MR) is 70.1 cm³/mol. The van der Waals surface area contributed by atoms with E-state index in [2.05, 4.69) is 15.0 Å². The average molecular weight is 263 g/mol. The first-order valence-corrected chi connectivity index (χ1v) is 6.18. The molecular weight excluding hydrogens is 256 g/mol. The summed E-state index contributed by atoms with van der Waals surface area (Å²) in [5.41, 5.74) is 8.75. The maximum atomic E-state index is 5.90. The Morgan fingerprint density at radius 2 is 2.00 bits per heavy atom. The van der Waals surface area contributed by atoms with Gasteiger partial charge >= 0.3 is 0 Å². The van der Waals surface area contributed by atoms with Crippen LogP contribution in [0.15, 0.2) is 29.0 Å². The summed E-state index contributed by atoms with van der Waals surface area (Å²) in [6.45, 7) is 0. The Labute approximate surface area is 106 Å². The monoisotopic (exact) mass is 262 g/mol. The van der Waals surface area contributed by atoms with E-state index in [9.17, 15) is 0 Å². The number of hydrogen-bond donors (Lipinski definition) is 1. The molecule has 3 aromatic heterocycles. The van der Waals surface area contributed by atoms with Crippen LogP contribution < -0.4 is 5.73 Å². The van der Waals surface area contributed by atoms with Gasteiger partial charge in [0.15, 0.2) is 0 Å². The van der Waals surface area contributed by atoms with E-state index >= 15 is 0 Å². The van der Waals surface area contributed by atoms with Gasteiger partial charge in [0.1, 0.15) is 16.4 Å². The van der Waals surface area contributed by atoms with E-state index in [0.29, 0.717) is 16.2 Å². The minimum absolute atomic E-state index is 0.239. The summed E-state index contributed by atoms with van der Waals surface area (Å²) in [6.07, 6.45) is 0. The molecule has 0 atom stereocenters. The summed E-state index contributed by atoms with van der Waals surface area (Å²) in [6, 6.07) is 5.45. The minimum Gasteiger partial charge on any atom is -0.368 e. The van der Waals surface area contributed by atoms with E-state index in [4.69, 9.17) is 17.3 Å². The van der Waals surface area contributed by atoms with E-state index in [1.165, 1.54) is 0 Å². The Hall–Kier alpha value is -1.72.